The highest BCUT2D eigenvalue weighted by molar-refractivity contribution is 5.67. The lowest BCUT2D eigenvalue weighted by atomic mass is 9.67. The van der Waals surface area contributed by atoms with E-state index in [4.69, 9.17) is 4.74 Å². The molecule has 0 aromatic carbocycles. The molecule has 3 heterocycles. The van der Waals surface area contributed by atoms with E-state index in [1.54, 1.807) is 0 Å². The first kappa shape index (κ1) is 18.5. The molecule has 0 bridgehead atoms. The van der Waals surface area contributed by atoms with Crippen LogP contribution in [0, 0.1) is 5.41 Å². The van der Waals surface area contributed by atoms with Gasteiger partial charge >= 0.3 is 6.09 Å². The number of amides is 1. The van der Waals surface area contributed by atoms with Crippen molar-refractivity contribution in [2.24, 2.45) is 5.41 Å². The van der Waals surface area contributed by atoms with Gasteiger partial charge < -0.3 is 14.7 Å². The normalized spacial score (nSPS) is 33.8. The summed E-state index contributed by atoms with van der Waals surface area (Å²) in [5.41, 5.74) is 0.438. The summed E-state index contributed by atoms with van der Waals surface area (Å²) in [5.74, 6) is 0. The van der Waals surface area contributed by atoms with Gasteiger partial charge in [-0.15, -0.1) is 0 Å². The molecule has 1 N–H and O–H groups in total. The molecule has 0 radical (unpaired) electrons. The number of rotatable bonds is 2. The average Bonchev–Trinajstić information content (AvgIpc) is 3.32. The summed E-state index contributed by atoms with van der Waals surface area (Å²) >= 11 is 0. The lowest BCUT2D eigenvalue weighted by Gasteiger charge is -2.47. The molecule has 0 unspecified atom stereocenters. The minimum Gasteiger partial charge on any atom is -0.453 e. The summed E-state index contributed by atoms with van der Waals surface area (Å²) in [5, 5.41) is 10.6. The number of aliphatic hydroxyl groups excluding tert-OH is 1. The molecule has 1 spiro atoms. The summed E-state index contributed by atoms with van der Waals surface area (Å²) in [6, 6.07) is 0.998. The van der Waals surface area contributed by atoms with Crippen LogP contribution in [0.2, 0.25) is 0 Å². The molecule has 3 aliphatic heterocycles. The molecule has 1 amide bonds. The highest BCUT2D eigenvalue weighted by atomic mass is 16.5. The van der Waals surface area contributed by atoms with Crippen LogP contribution in [0.1, 0.15) is 51.4 Å². The standard InChI is InChI=1S/C20H35N3O3/c1-26-19(25)22-12-8-20(9-13-22)6-4-16(5-7-20)23-14-17(18(24)15-23)21-10-2-3-11-21/h16-18,24H,2-15H2,1H3/t17-,18-/m0/s1. The number of β-amino-alcohol motifs (C(OH)–C–C–N with tert-alkyl or cyclic N) is 1. The van der Waals surface area contributed by atoms with Crippen LogP contribution in [0.5, 0.6) is 0 Å². The quantitative estimate of drug-likeness (QED) is 0.810. The smallest absolute Gasteiger partial charge is 0.409 e. The highest BCUT2D eigenvalue weighted by Crippen LogP contribution is 2.46. The SMILES string of the molecule is COC(=O)N1CCC2(CCC(N3C[C@H](O)[C@@H](N4CCCC4)C3)CC2)CC1. The number of hydrogen-bond acceptors (Lipinski definition) is 5. The van der Waals surface area contributed by atoms with Gasteiger partial charge in [0.05, 0.1) is 13.2 Å². The number of likely N-dealkylation sites (tertiary alicyclic amines) is 3. The summed E-state index contributed by atoms with van der Waals surface area (Å²) in [6.45, 7) is 5.93. The number of carbonyl (C=O) groups excluding carboxylic acids is 1. The predicted octanol–water partition coefficient (Wildman–Crippen LogP) is 1.92. The second-order valence-corrected chi connectivity index (χ2v) is 9.02. The summed E-state index contributed by atoms with van der Waals surface area (Å²) in [7, 11) is 1.47. The van der Waals surface area contributed by atoms with E-state index in [0.29, 0.717) is 17.5 Å². The minimum atomic E-state index is -0.174. The molecule has 4 rings (SSSR count). The fourth-order valence-electron chi connectivity index (χ4n) is 5.90. The molecule has 4 fully saturated rings. The third-order valence-electron chi connectivity index (χ3n) is 7.69. The third kappa shape index (κ3) is 3.60. The van der Waals surface area contributed by atoms with Crippen molar-refractivity contribution in [2.45, 2.75) is 69.6 Å². The van der Waals surface area contributed by atoms with Gasteiger partial charge in [-0.05, 0) is 69.9 Å². The van der Waals surface area contributed by atoms with Crippen LogP contribution in [0.15, 0.2) is 0 Å². The first-order valence-corrected chi connectivity index (χ1v) is 10.6. The van der Waals surface area contributed by atoms with E-state index in [0.717, 1.165) is 39.0 Å². The van der Waals surface area contributed by atoms with Gasteiger partial charge in [0.25, 0.3) is 0 Å². The van der Waals surface area contributed by atoms with Gasteiger partial charge in [-0.3, -0.25) is 9.80 Å². The Bertz CT molecular complexity index is 491. The predicted molar refractivity (Wildman–Crippen MR) is 100 cm³/mol. The van der Waals surface area contributed by atoms with Crippen LogP contribution in [0.4, 0.5) is 4.79 Å². The van der Waals surface area contributed by atoms with Crippen molar-refractivity contribution >= 4 is 6.09 Å². The summed E-state index contributed by atoms with van der Waals surface area (Å²) in [4.78, 5) is 18.6. The molecule has 0 aromatic heterocycles. The van der Waals surface area contributed by atoms with Crippen molar-refractivity contribution in [3.63, 3.8) is 0 Å². The number of nitrogens with zero attached hydrogens (tertiary/aromatic N) is 3. The topological polar surface area (TPSA) is 56.3 Å². The Hall–Kier alpha value is -0.850. The Morgan fingerprint density at radius 1 is 0.962 bits per heavy atom. The molecule has 6 heteroatoms. The maximum atomic E-state index is 11.7. The van der Waals surface area contributed by atoms with E-state index in [2.05, 4.69) is 9.80 Å². The molecule has 4 aliphatic rings. The van der Waals surface area contributed by atoms with Crippen molar-refractivity contribution in [3.8, 4) is 0 Å². The number of aliphatic hydroxyl groups is 1. The molecule has 2 atom stereocenters. The molecule has 6 nitrogen and oxygen atoms in total. The van der Waals surface area contributed by atoms with Crippen molar-refractivity contribution < 1.29 is 14.6 Å². The van der Waals surface area contributed by atoms with Gasteiger partial charge in [0, 0.05) is 38.3 Å². The van der Waals surface area contributed by atoms with Gasteiger partial charge in [0.15, 0.2) is 0 Å². The van der Waals surface area contributed by atoms with E-state index in [9.17, 15) is 9.90 Å². The number of hydrogen-bond donors (Lipinski definition) is 1. The lowest BCUT2D eigenvalue weighted by molar-refractivity contribution is 0.0326. The fraction of sp³-hybridized carbons (Fsp3) is 0.950. The highest BCUT2D eigenvalue weighted by Gasteiger charge is 2.43. The molecule has 148 valence electrons. The Morgan fingerprint density at radius 3 is 2.23 bits per heavy atom. The molecule has 26 heavy (non-hydrogen) atoms. The van der Waals surface area contributed by atoms with E-state index < -0.39 is 0 Å². The molecule has 1 aliphatic carbocycles. The summed E-state index contributed by atoms with van der Waals surface area (Å²) < 4.78 is 4.86. The van der Waals surface area contributed by atoms with Gasteiger partial charge in [0.1, 0.15) is 0 Å². The average molecular weight is 366 g/mol. The zero-order chi connectivity index (χ0) is 18.1. The zero-order valence-electron chi connectivity index (χ0n) is 16.2. The third-order valence-corrected chi connectivity index (χ3v) is 7.69. The Kier molecular flexibility index (Phi) is 5.44. The largest absolute Gasteiger partial charge is 0.453 e. The maximum absolute atomic E-state index is 11.7. The molecule has 1 saturated carbocycles. The maximum Gasteiger partial charge on any atom is 0.409 e. The molecular weight excluding hydrogens is 330 g/mol. The minimum absolute atomic E-state index is 0.174. The Morgan fingerprint density at radius 2 is 1.62 bits per heavy atom. The van der Waals surface area contributed by atoms with Gasteiger partial charge in [-0.2, -0.15) is 0 Å². The molecule has 3 saturated heterocycles. The van der Waals surface area contributed by atoms with Gasteiger partial charge in [-0.25, -0.2) is 4.79 Å². The zero-order valence-corrected chi connectivity index (χ0v) is 16.2. The number of piperidine rings is 1. The van der Waals surface area contributed by atoms with Crippen LogP contribution < -0.4 is 0 Å². The van der Waals surface area contributed by atoms with Crippen molar-refractivity contribution in [2.75, 3.05) is 46.4 Å². The van der Waals surface area contributed by atoms with Crippen LogP contribution in [0.3, 0.4) is 0 Å². The number of methoxy groups -OCH3 is 1. The van der Waals surface area contributed by atoms with Crippen molar-refractivity contribution in [1.29, 1.82) is 0 Å². The Balaban J connectivity index is 1.27. The van der Waals surface area contributed by atoms with E-state index >= 15 is 0 Å². The lowest BCUT2D eigenvalue weighted by Crippen LogP contribution is -2.47. The molecule has 0 aromatic rings. The van der Waals surface area contributed by atoms with Crippen LogP contribution in [0.25, 0.3) is 0 Å². The van der Waals surface area contributed by atoms with Crippen LogP contribution in [-0.2, 0) is 4.74 Å². The summed E-state index contributed by atoms with van der Waals surface area (Å²) in [6.07, 6.45) is 9.51. The second kappa shape index (κ2) is 7.64. The van der Waals surface area contributed by atoms with Gasteiger partial charge in [-0.1, -0.05) is 0 Å². The van der Waals surface area contributed by atoms with Gasteiger partial charge in [0.2, 0.25) is 0 Å². The first-order chi connectivity index (χ1) is 12.6. The first-order valence-electron chi connectivity index (χ1n) is 10.6. The van der Waals surface area contributed by atoms with Crippen molar-refractivity contribution in [3.05, 3.63) is 0 Å². The molecular formula is C20H35N3O3. The van der Waals surface area contributed by atoms with Crippen LogP contribution in [-0.4, -0.2) is 90.5 Å². The van der Waals surface area contributed by atoms with E-state index in [1.807, 2.05) is 4.90 Å². The fourth-order valence-corrected chi connectivity index (χ4v) is 5.90. The number of carbonyl (C=O) groups is 1. The van der Waals surface area contributed by atoms with Crippen LogP contribution >= 0.6 is 0 Å². The van der Waals surface area contributed by atoms with Crippen molar-refractivity contribution in [1.82, 2.24) is 14.7 Å². The monoisotopic (exact) mass is 365 g/mol. The van der Waals surface area contributed by atoms with E-state index in [-0.39, 0.29) is 12.2 Å². The Labute approximate surface area is 157 Å². The van der Waals surface area contributed by atoms with E-state index in [1.165, 1.54) is 58.7 Å². The number of ether oxygens (including phenoxy) is 1. The second-order valence-electron chi connectivity index (χ2n) is 9.02.